The van der Waals surface area contributed by atoms with E-state index in [2.05, 4.69) is 0 Å². The van der Waals surface area contributed by atoms with Crippen molar-refractivity contribution >= 4 is 17.7 Å². The number of benzene rings is 1. The van der Waals surface area contributed by atoms with Crippen molar-refractivity contribution in [2.75, 3.05) is 13.1 Å². The zero-order valence-corrected chi connectivity index (χ0v) is 11.9. The summed E-state index contributed by atoms with van der Waals surface area (Å²) in [6, 6.07) is 6.28. The lowest BCUT2D eigenvalue weighted by Crippen LogP contribution is -2.32. The molecule has 1 fully saturated rings. The molecule has 0 radical (unpaired) electrons. The molecule has 1 heterocycles. The molecule has 0 spiro atoms. The first kappa shape index (κ1) is 15.2. The summed E-state index contributed by atoms with van der Waals surface area (Å²) in [7, 11) is 0. The molecular formula is C15H19N3O3. The number of carbonyl (C=O) groups is 1. The van der Waals surface area contributed by atoms with E-state index in [-0.39, 0.29) is 17.6 Å². The van der Waals surface area contributed by atoms with E-state index in [0.29, 0.717) is 24.6 Å². The summed E-state index contributed by atoms with van der Waals surface area (Å²) in [6.45, 7) is 3.34. The van der Waals surface area contributed by atoms with Gasteiger partial charge in [-0.2, -0.15) is 0 Å². The maximum atomic E-state index is 12.1. The van der Waals surface area contributed by atoms with Gasteiger partial charge in [-0.25, -0.2) is 0 Å². The summed E-state index contributed by atoms with van der Waals surface area (Å²) in [4.78, 5) is 24.1. The molecule has 112 valence electrons. The van der Waals surface area contributed by atoms with Crippen molar-refractivity contribution in [1.82, 2.24) is 4.90 Å². The lowest BCUT2D eigenvalue weighted by molar-refractivity contribution is -0.384. The van der Waals surface area contributed by atoms with Crippen LogP contribution in [0.25, 0.3) is 6.08 Å². The number of nitrogens with two attached hydrogens (primary N) is 1. The second-order valence-electron chi connectivity index (χ2n) is 5.38. The predicted octanol–water partition coefficient (Wildman–Crippen LogP) is 1.80. The Morgan fingerprint density at radius 1 is 1.57 bits per heavy atom. The van der Waals surface area contributed by atoms with Crippen molar-refractivity contribution in [3.8, 4) is 0 Å². The molecule has 21 heavy (non-hydrogen) atoms. The van der Waals surface area contributed by atoms with Gasteiger partial charge in [0.05, 0.1) is 4.92 Å². The average molecular weight is 289 g/mol. The van der Waals surface area contributed by atoms with Crippen LogP contribution >= 0.6 is 0 Å². The summed E-state index contributed by atoms with van der Waals surface area (Å²) < 4.78 is 0. The zero-order chi connectivity index (χ0) is 15.4. The molecule has 2 atom stereocenters. The quantitative estimate of drug-likeness (QED) is 0.520. The lowest BCUT2D eigenvalue weighted by Gasteiger charge is -2.16. The second-order valence-corrected chi connectivity index (χ2v) is 5.38. The Balaban J connectivity index is 2.00. The van der Waals surface area contributed by atoms with Crippen molar-refractivity contribution in [3.05, 3.63) is 46.0 Å². The van der Waals surface area contributed by atoms with Crippen LogP contribution in [0.1, 0.15) is 18.9 Å². The van der Waals surface area contributed by atoms with E-state index in [0.717, 1.165) is 6.42 Å². The first-order valence-corrected chi connectivity index (χ1v) is 6.94. The van der Waals surface area contributed by atoms with Gasteiger partial charge in [-0.15, -0.1) is 0 Å². The van der Waals surface area contributed by atoms with Gasteiger partial charge in [0.1, 0.15) is 0 Å². The summed E-state index contributed by atoms with van der Waals surface area (Å²) >= 11 is 0. The number of amides is 1. The predicted molar refractivity (Wildman–Crippen MR) is 80.5 cm³/mol. The topological polar surface area (TPSA) is 89.5 Å². The fourth-order valence-corrected chi connectivity index (χ4v) is 2.43. The number of hydrogen-bond donors (Lipinski definition) is 1. The van der Waals surface area contributed by atoms with Crippen molar-refractivity contribution in [2.24, 2.45) is 11.7 Å². The Labute approximate surface area is 123 Å². The summed E-state index contributed by atoms with van der Waals surface area (Å²) in [6.07, 6.45) is 3.99. The molecule has 6 nitrogen and oxygen atoms in total. The number of rotatable bonds is 4. The maximum Gasteiger partial charge on any atom is 0.270 e. The van der Waals surface area contributed by atoms with E-state index in [1.54, 1.807) is 23.1 Å². The van der Waals surface area contributed by atoms with Crippen LogP contribution in [0.4, 0.5) is 5.69 Å². The first-order chi connectivity index (χ1) is 9.97. The van der Waals surface area contributed by atoms with Crippen molar-refractivity contribution in [3.63, 3.8) is 0 Å². The average Bonchev–Trinajstić information content (AvgIpc) is 2.95. The number of hydrogen-bond acceptors (Lipinski definition) is 4. The van der Waals surface area contributed by atoms with Crippen LogP contribution < -0.4 is 5.73 Å². The third-order valence-corrected chi connectivity index (χ3v) is 3.78. The molecule has 1 aromatic rings. The Morgan fingerprint density at radius 3 is 2.95 bits per heavy atom. The molecule has 2 unspecified atom stereocenters. The van der Waals surface area contributed by atoms with Gasteiger partial charge in [0.2, 0.25) is 5.91 Å². The van der Waals surface area contributed by atoms with Crippen LogP contribution in [-0.2, 0) is 4.79 Å². The van der Waals surface area contributed by atoms with Gasteiger partial charge >= 0.3 is 0 Å². The van der Waals surface area contributed by atoms with Gasteiger partial charge in [0.15, 0.2) is 0 Å². The lowest BCUT2D eigenvalue weighted by atomic mass is 10.0. The third-order valence-electron chi connectivity index (χ3n) is 3.78. The van der Waals surface area contributed by atoms with Gasteiger partial charge in [-0.3, -0.25) is 14.9 Å². The number of likely N-dealkylation sites (tertiary alicyclic amines) is 1. The van der Waals surface area contributed by atoms with Gasteiger partial charge in [-0.05, 0) is 30.9 Å². The van der Waals surface area contributed by atoms with Gasteiger partial charge in [0.25, 0.3) is 5.69 Å². The highest BCUT2D eigenvalue weighted by atomic mass is 16.6. The van der Waals surface area contributed by atoms with Crippen LogP contribution in [0.5, 0.6) is 0 Å². The molecular weight excluding hydrogens is 270 g/mol. The van der Waals surface area contributed by atoms with E-state index in [1.165, 1.54) is 18.2 Å². The Morgan fingerprint density at radius 2 is 2.33 bits per heavy atom. The largest absolute Gasteiger partial charge is 0.339 e. The minimum Gasteiger partial charge on any atom is -0.339 e. The molecule has 1 aromatic carbocycles. The van der Waals surface area contributed by atoms with Gasteiger partial charge in [0, 0.05) is 37.3 Å². The summed E-state index contributed by atoms with van der Waals surface area (Å²) in [5, 5.41) is 10.7. The maximum absolute atomic E-state index is 12.1. The standard InChI is InChI=1S/C15H19N3O3/c1-11(16)13-7-8-17(10-13)15(19)6-5-12-3-2-4-14(9-12)18(20)21/h2-6,9,11,13H,7-8,10,16H2,1H3/b6-5+. The molecule has 1 aliphatic heterocycles. The van der Waals surface area contributed by atoms with E-state index in [4.69, 9.17) is 5.73 Å². The fraction of sp³-hybridized carbons (Fsp3) is 0.400. The molecule has 0 aromatic heterocycles. The summed E-state index contributed by atoms with van der Waals surface area (Å²) in [5.74, 6) is 0.268. The molecule has 2 rings (SSSR count). The fourth-order valence-electron chi connectivity index (χ4n) is 2.43. The van der Waals surface area contributed by atoms with E-state index in [9.17, 15) is 14.9 Å². The highest BCUT2D eigenvalue weighted by Gasteiger charge is 2.27. The minimum absolute atomic E-state index is 0.0165. The van der Waals surface area contributed by atoms with Crippen molar-refractivity contribution < 1.29 is 9.72 Å². The summed E-state index contributed by atoms with van der Waals surface area (Å²) in [5.41, 5.74) is 6.51. The highest BCUT2D eigenvalue weighted by molar-refractivity contribution is 5.92. The second kappa shape index (κ2) is 6.49. The normalized spacial score (nSPS) is 19.9. The number of nitro benzene ring substituents is 1. The Kier molecular flexibility index (Phi) is 4.70. The molecule has 0 saturated carbocycles. The monoisotopic (exact) mass is 289 g/mol. The molecule has 1 amide bonds. The number of nitro groups is 1. The van der Waals surface area contributed by atoms with E-state index >= 15 is 0 Å². The molecule has 0 bridgehead atoms. The number of nitrogens with zero attached hydrogens (tertiary/aromatic N) is 2. The highest BCUT2D eigenvalue weighted by Crippen LogP contribution is 2.19. The van der Waals surface area contributed by atoms with Crippen LogP contribution in [0.15, 0.2) is 30.3 Å². The van der Waals surface area contributed by atoms with E-state index < -0.39 is 4.92 Å². The molecule has 6 heteroatoms. The number of non-ortho nitro benzene ring substituents is 1. The molecule has 1 aliphatic rings. The van der Waals surface area contributed by atoms with Crippen LogP contribution in [0.3, 0.4) is 0 Å². The smallest absolute Gasteiger partial charge is 0.270 e. The van der Waals surface area contributed by atoms with Crippen molar-refractivity contribution in [2.45, 2.75) is 19.4 Å². The minimum atomic E-state index is -0.452. The molecule has 1 saturated heterocycles. The zero-order valence-electron chi connectivity index (χ0n) is 11.9. The number of carbonyl (C=O) groups excluding carboxylic acids is 1. The van der Waals surface area contributed by atoms with Crippen LogP contribution in [-0.4, -0.2) is 34.9 Å². The van der Waals surface area contributed by atoms with E-state index in [1.807, 2.05) is 6.92 Å². The molecule has 2 N–H and O–H groups in total. The van der Waals surface area contributed by atoms with Crippen LogP contribution in [0.2, 0.25) is 0 Å². The van der Waals surface area contributed by atoms with Crippen LogP contribution in [0, 0.1) is 16.0 Å². The Bertz CT molecular complexity index is 569. The van der Waals surface area contributed by atoms with Gasteiger partial charge < -0.3 is 10.6 Å². The first-order valence-electron chi connectivity index (χ1n) is 6.94. The SMILES string of the molecule is CC(N)C1CCN(C(=O)/C=C/c2cccc([N+](=O)[O-])c2)C1. The van der Waals surface area contributed by atoms with Gasteiger partial charge in [-0.1, -0.05) is 12.1 Å². The molecule has 0 aliphatic carbocycles. The van der Waals surface area contributed by atoms with Crippen molar-refractivity contribution in [1.29, 1.82) is 0 Å². The third kappa shape index (κ3) is 3.88. The Hall–Kier alpha value is -2.21.